The van der Waals surface area contributed by atoms with Gasteiger partial charge in [-0.2, -0.15) is 0 Å². The van der Waals surface area contributed by atoms with E-state index in [1.165, 1.54) is 0 Å². The van der Waals surface area contributed by atoms with Crippen LogP contribution in [0.25, 0.3) is 11.3 Å². The van der Waals surface area contributed by atoms with Crippen LogP contribution in [0.1, 0.15) is 34.8 Å². The molecular formula is C21H17Cl2NO4. The minimum absolute atomic E-state index is 0.143. The summed E-state index contributed by atoms with van der Waals surface area (Å²) in [4.78, 5) is 24.3. The molecule has 0 atom stereocenters. The van der Waals surface area contributed by atoms with E-state index < -0.39 is 11.9 Å². The molecule has 0 aliphatic heterocycles. The van der Waals surface area contributed by atoms with Crippen molar-refractivity contribution in [3.63, 3.8) is 0 Å². The maximum absolute atomic E-state index is 12.4. The third kappa shape index (κ3) is 4.74. The van der Waals surface area contributed by atoms with Crippen molar-refractivity contribution < 1.29 is 18.7 Å². The van der Waals surface area contributed by atoms with Crippen molar-refractivity contribution in [1.29, 1.82) is 0 Å². The van der Waals surface area contributed by atoms with Crippen LogP contribution in [0.15, 0.2) is 59.0 Å². The van der Waals surface area contributed by atoms with E-state index in [9.17, 15) is 9.59 Å². The first-order chi connectivity index (χ1) is 13.3. The Labute approximate surface area is 172 Å². The molecule has 1 heterocycles. The molecule has 0 saturated carbocycles. The maximum Gasteiger partial charge on any atom is 0.338 e. The Hall–Kier alpha value is -2.76. The Kier molecular flexibility index (Phi) is 6.07. The van der Waals surface area contributed by atoms with Crippen LogP contribution >= 0.6 is 23.2 Å². The van der Waals surface area contributed by atoms with Gasteiger partial charge in [-0.05, 0) is 68.4 Å². The summed E-state index contributed by atoms with van der Waals surface area (Å²) in [7, 11) is 0. The fourth-order valence-corrected chi connectivity index (χ4v) is 2.73. The molecule has 0 aliphatic rings. The second-order valence-corrected chi connectivity index (χ2v) is 7.09. The fraction of sp³-hybridized carbons (Fsp3) is 0.143. The smallest absolute Gasteiger partial charge is 0.338 e. The van der Waals surface area contributed by atoms with Crippen LogP contribution in [-0.2, 0) is 4.74 Å². The number of benzene rings is 2. The molecule has 5 nitrogen and oxygen atoms in total. The molecule has 144 valence electrons. The number of nitrogens with one attached hydrogen (secondary N) is 1. The second kappa shape index (κ2) is 8.50. The van der Waals surface area contributed by atoms with Gasteiger partial charge in [0.05, 0.1) is 21.7 Å². The van der Waals surface area contributed by atoms with Crippen LogP contribution in [0.4, 0.5) is 5.69 Å². The summed E-state index contributed by atoms with van der Waals surface area (Å²) < 4.78 is 10.7. The van der Waals surface area contributed by atoms with Crippen molar-refractivity contribution in [2.24, 2.45) is 0 Å². The summed E-state index contributed by atoms with van der Waals surface area (Å²) in [5.41, 5.74) is 1.65. The Morgan fingerprint density at radius 3 is 2.32 bits per heavy atom. The molecule has 7 heteroatoms. The molecule has 0 spiro atoms. The minimum atomic E-state index is -0.413. The lowest BCUT2D eigenvalue weighted by Crippen LogP contribution is -2.13. The molecule has 3 aromatic rings. The van der Waals surface area contributed by atoms with E-state index in [0.29, 0.717) is 32.6 Å². The van der Waals surface area contributed by atoms with Gasteiger partial charge in [0.25, 0.3) is 5.91 Å². The molecule has 1 N–H and O–H groups in total. The molecule has 0 saturated heterocycles. The van der Waals surface area contributed by atoms with Crippen LogP contribution in [0, 0.1) is 0 Å². The molecule has 2 aromatic carbocycles. The SMILES string of the molecule is CC(C)OC(=O)c1ccc(NC(=O)c2ccc(-c3ccc(Cl)c(Cl)c3)o2)cc1. The Morgan fingerprint density at radius 2 is 1.68 bits per heavy atom. The highest BCUT2D eigenvalue weighted by Gasteiger charge is 2.14. The predicted octanol–water partition coefficient (Wildman–Crippen LogP) is 6.07. The van der Waals surface area contributed by atoms with E-state index >= 15 is 0 Å². The largest absolute Gasteiger partial charge is 0.459 e. The number of esters is 1. The van der Waals surface area contributed by atoms with Gasteiger partial charge in [-0.1, -0.05) is 23.2 Å². The summed E-state index contributed by atoms with van der Waals surface area (Å²) in [5.74, 6) is -0.186. The molecule has 1 aromatic heterocycles. The summed E-state index contributed by atoms with van der Waals surface area (Å²) in [6.07, 6.45) is -0.199. The van der Waals surface area contributed by atoms with E-state index in [2.05, 4.69) is 5.32 Å². The van der Waals surface area contributed by atoms with Gasteiger partial charge in [0.2, 0.25) is 0 Å². The highest BCUT2D eigenvalue weighted by atomic mass is 35.5. The van der Waals surface area contributed by atoms with Gasteiger partial charge in [-0.25, -0.2) is 4.79 Å². The van der Waals surface area contributed by atoms with Crippen molar-refractivity contribution in [3.05, 3.63) is 76.0 Å². The van der Waals surface area contributed by atoms with E-state index in [0.717, 1.165) is 0 Å². The Morgan fingerprint density at radius 1 is 0.964 bits per heavy atom. The fourth-order valence-electron chi connectivity index (χ4n) is 2.43. The summed E-state index contributed by atoms with van der Waals surface area (Å²) in [6.45, 7) is 3.56. The average molecular weight is 418 g/mol. The lowest BCUT2D eigenvalue weighted by molar-refractivity contribution is 0.0378. The van der Waals surface area contributed by atoms with Gasteiger partial charge in [0.15, 0.2) is 5.76 Å². The highest BCUT2D eigenvalue weighted by molar-refractivity contribution is 6.42. The number of hydrogen-bond acceptors (Lipinski definition) is 4. The van der Waals surface area contributed by atoms with Crippen LogP contribution in [0.2, 0.25) is 10.0 Å². The maximum atomic E-state index is 12.4. The third-order valence-corrected chi connectivity index (χ3v) is 4.49. The highest BCUT2D eigenvalue weighted by Crippen LogP contribution is 2.29. The van der Waals surface area contributed by atoms with Crippen molar-refractivity contribution in [2.45, 2.75) is 20.0 Å². The lowest BCUT2D eigenvalue weighted by atomic mass is 10.2. The first kappa shape index (κ1) is 20.0. The molecule has 0 fully saturated rings. The van der Waals surface area contributed by atoms with Crippen molar-refractivity contribution in [1.82, 2.24) is 0 Å². The second-order valence-electron chi connectivity index (χ2n) is 6.28. The molecular weight excluding hydrogens is 401 g/mol. The topological polar surface area (TPSA) is 68.5 Å². The zero-order chi connectivity index (χ0) is 20.3. The van der Waals surface area contributed by atoms with E-state index in [-0.39, 0.29) is 11.9 Å². The lowest BCUT2D eigenvalue weighted by Gasteiger charge is -2.08. The van der Waals surface area contributed by atoms with Gasteiger partial charge in [0.1, 0.15) is 5.76 Å². The summed E-state index contributed by atoms with van der Waals surface area (Å²) >= 11 is 11.9. The van der Waals surface area contributed by atoms with Crippen molar-refractivity contribution in [3.8, 4) is 11.3 Å². The molecule has 28 heavy (non-hydrogen) atoms. The third-order valence-electron chi connectivity index (χ3n) is 3.76. The molecule has 1 amide bonds. The monoisotopic (exact) mass is 417 g/mol. The number of hydrogen-bond donors (Lipinski definition) is 1. The van der Waals surface area contributed by atoms with Crippen LogP contribution in [0.3, 0.4) is 0 Å². The zero-order valence-corrected chi connectivity index (χ0v) is 16.7. The predicted molar refractivity (Wildman–Crippen MR) is 109 cm³/mol. The number of ether oxygens (including phenoxy) is 1. The number of amides is 1. The normalized spacial score (nSPS) is 10.8. The number of anilines is 1. The molecule has 0 radical (unpaired) electrons. The number of carbonyl (C=O) groups excluding carboxylic acids is 2. The van der Waals surface area contributed by atoms with Crippen molar-refractivity contribution >= 4 is 40.8 Å². The summed E-state index contributed by atoms with van der Waals surface area (Å²) in [6, 6.07) is 14.7. The van der Waals surface area contributed by atoms with Gasteiger partial charge in [-0.3, -0.25) is 4.79 Å². The number of halogens is 2. The Bertz CT molecular complexity index is 1010. The van der Waals surface area contributed by atoms with Crippen LogP contribution in [-0.4, -0.2) is 18.0 Å². The quantitative estimate of drug-likeness (QED) is 0.511. The van der Waals surface area contributed by atoms with E-state index in [4.69, 9.17) is 32.4 Å². The van der Waals surface area contributed by atoms with Gasteiger partial charge < -0.3 is 14.5 Å². The van der Waals surface area contributed by atoms with Gasteiger partial charge in [0, 0.05) is 11.3 Å². The molecule has 0 unspecified atom stereocenters. The standard InChI is InChI=1S/C21H17Cl2NO4/c1-12(2)27-21(26)13-3-6-15(7-4-13)24-20(25)19-10-9-18(28-19)14-5-8-16(22)17(23)11-14/h3-12H,1-2H3,(H,24,25). The molecule has 3 rings (SSSR count). The minimum Gasteiger partial charge on any atom is -0.459 e. The molecule has 0 bridgehead atoms. The Balaban J connectivity index is 1.69. The zero-order valence-electron chi connectivity index (χ0n) is 15.2. The number of furan rings is 1. The van der Waals surface area contributed by atoms with Crippen LogP contribution in [0.5, 0.6) is 0 Å². The number of carbonyl (C=O) groups is 2. The summed E-state index contributed by atoms with van der Waals surface area (Å²) in [5, 5.41) is 3.56. The first-order valence-corrected chi connectivity index (χ1v) is 9.27. The average Bonchev–Trinajstić information content (AvgIpc) is 3.14. The van der Waals surface area contributed by atoms with Gasteiger partial charge >= 0.3 is 5.97 Å². The van der Waals surface area contributed by atoms with E-state index in [1.807, 2.05) is 0 Å². The first-order valence-electron chi connectivity index (χ1n) is 8.51. The van der Waals surface area contributed by atoms with Gasteiger partial charge in [-0.15, -0.1) is 0 Å². The van der Waals surface area contributed by atoms with Crippen molar-refractivity contribution in [2.75, 3.05) is 5.32 Å². The van der Waals surface area contributed by atoms with E-state index in [1.54, 1.807) is 68.4 Å². The molecule has 0 aliphatic carbocycles. The van der Waals surface area contributed by atoms with Crippen LogP contribution < -0.4 is 5.32 Å². The number of rotatable bonds is 5.